The van der Waals surface area contributed by atoms with Crippen molar-refractivity contribution in [1.82, 2.24) is 19.7 Å². The van der Waals surface area contributed by atoms with Crippen LogP contribution in [0.4, 0.5) is 11.5 Å². The Hall–Kier alpha value is -3.26. The maximum absolute atomic E-state index is 12.8. The number of hydrogen-bond acceptors (Lipinski definition) is 8. The number of anilines is 2. The topological polar surface area (TPSA) is 122 Å². The summed E-state index contributed by atoms with van der Waals surface area (Å²) < 4.78 is 1.76. The number of aliphatic hydroxyl groups is 1. The second-order valence-electron chi connectivity index (χ2n) is 7.58. The summed E-state index contributed by atoms with van der Waals surface area (Å²) in [6.45, 7) is 0.0969. The SMILES string of the molecule is C#C.CN(C)c1ccc(-c2nc(C(=O)Nc3cnn(C)c3CCC[C@@H](N)CCO)cs2)cn1. The highest BCUT2D eigenvalue weighted by atomic mass is 32.1. The summed E-state index contributed by atoms with van der Waals surface area (Å²) >= 11 is 1.41. The van der Waals surface area contributed by atoms with Crippen molar-refractivity contribution in [1.29, 1.82) is 0 Å². The van der Waals surface area contributed by atoms with E-state index in [9.17, 15) is 4.79 Å². The lowest BCUT2D eigenvalue weighted by Crippen LogP contribution is -2.21. The predicted molar refractivity (Wildman–Crippen MR) is 133 cm³/mol. The average molecular weight is 470 g/mol. The van der Waals surface area contributed by atoms with Crippen LogP contribution in [-0.2, 0) is 13.5 Å². The number of amides is 1. The van der Waals surface area contributed by atoms with Crippen LogP contribution < -0.4 is 16.0 Å². The zero-order valence-corrected chi connectivity index (χ0v) is 20.0. The Bertz CT molecular complexity index is 1040. The number of aryl methyl sites for hydroxylation is 1. The second-order valence-corrected chi connectivity index (χ2v) is 8.44. The maximum atomic E-state index is 12.8. The number of hydrogen-bond donors (Lipinski definition) is 3. The van der Waals surface area contributed by atoms with Gasteiger partial charge in [-0.3, -0.25) is 9.48 Å². The van der Waals surface area contributed by atoms with Crippen molar-refractivity contribution in [3.8, 4) is 23.4 Å². The lowest BCUT2D eigenvalue weighted by Gasteiger charge is -2.11. The van der Waals surface area contributed by atoms with Gasteiger partial charge in [0, 0.05) is 50.9 Å². The first-order valence-corrected chi connectivity index (χ1v) is 11.4. The molecule has 9 nitrogen and oxygen atoms in total. The number of carbonyl (C=O) groups excluding carboxylic acids is 1. The van der Waals surface area contributed by atoms with E-state index in [2.05, 4.69) is 33.2 Å². The predicted octanol–water partition coefficient (Wildman–Crippen LogP) is 2.54. The van der Waals surface area contributed by atoms with E-state index in [1.165, 1.54) is 11.3 Å². The van der Waals surface area contributed by atoms with Crippen molar-refractivity contribution in [2.75, 3.05) is 30.9 Å². The first-order chi connectivity index (χ1) is 15.9. The lowest BCUT2D eigenvalue weighted by molar-refractivity contribution is 0.102. The summed E-state index contributed by atoms with van der Waals surface area (Å²) in [7, 11) is 5.72. The van der Waals surface area contributed by atoms with Crippen LogP contribution in [0.1, 0.15) is 35.4 Å². The molecule has 10 heteroatoms. The van der Waals surface area contributed by atoms with Gasteiger partial charge in [-0.05, 0) is 37.8 Å². The third-order valence-electron chi connectivity index (χ3n) is 4.99. The number of aliphatic hydroxyl groups excluding tert-OH is 1. The molecular weight excluding hydrogens is 438 g/mol. The van der Waals surface area contributed by atoms with E-state index < -0.39 is 0 Å². The zero-order chi connectivity index (χ0) is 24.4. The number of thiazole rings is 1. The van der Waals surface area contributed by atoms with Crippen LogP contribution in [0.3, 0.4) is 0 Å². The van der Waals surface area contributed by atoms with Gasteiger partial charge in [0.05, 0.1) is 17.6 Å². The van der Waals surface area contributed by atoms with E-state index in [1.807, 2.05) is 38.2 Å². The molecule has 176 valence electrons. The van der Waals surface area contributed by atoms with E-state index in [4.69, 9.17) is 10.8 Å². The highest BCUT2D eigenvalue weighted by Gasteiger charge is 2.16. The molecule has 4 N–H and O–H groups in total. The van der Waals surface area contributed by atoms with Gasteiger partial charge >= 0.3 is 0 Å². The van der Waals surface area contributed by atoms with E-state index in [-0.39, 0.29) is 18.6 Å². The molecule has 0 radical (unpaired) electrons. The second kappa shape index (κ2) is 12.7. The van der Waals surface area contributed by atoms with Crippen LogP contribution in [0.25, 0.3) is 10.6 Å². The highest BCUT2D eigenvalue weighted by molar-refractivity contribution is 7.13. The molecule has 0 saturated heterocycles. The fourth-order valence-corrected chi connectivity index (χ4v) is 3.97. The van der Waals surface area contributed by atoms with Crippen molar-refractivity contribution in [3.05, 3.63) is 41.3 Å². The molecule has 0 fully saturated rings. The fourth-order valence-electron chi connectivity index (χ4n) is 3.18. The minimum atomic E-state index is -0.272. The molecule has 3 aromatic rings. The summed E-state index contributed by atoms with van der Waals surface area (Å²) in [5.74, 6) is 0.589. The third-order valence-corrected chi connectivity index (χ3v) is 5.88. The summed E-state index contributed by atoms with van der Waals surface area (Å²) in [4.78, 5) is 23.6. The quantitative estimate of drug-likeness (QED) is 0.390. The Balaban J connectivity index is 0.00000187. The highest BCUT2D eigenvalue weighted by Crippen LogP contribution is 2.25. The number of rotatable bonds is 10. The molecule has 0 aliphatic carbocycles. The number of nitrogens with one attached hydrogen (secondary N) is 1. The first-order valence-electron chi connectivity index (χ1n) is 10.5. The van der Waals surface area contributed by atoms with Crippen LogP contribution in [0.5, 0.6) is 0 Å². The molecule has 3 heterocycles. The number of nitrogens with zero attached hydrogens (tertiary/aromatic N) is 5. The fraction of sp³-hybridized carbons (Fsp3) is 0.391. The summed E-state index contributed by atoms with van der Waals surface area (Å²) in [5.41, 5.74) is 8.80. The molecule has 0 saturated carbocycles. The third kappa shape index (κ3) is 7.12. The summed E-state index contributed by atoms with van der Waals surface area (Å²) in [6, 6.07) is 3.85. The molecular formula is C23H31N7O2S. The van der Waals surface area contributed by atoms with Crippen molar-refractivity contribution in [2.45, 2.75) is 31.7 Å². The number of aromatic nitrogens is 4. The van der Waals surface area contributed by atoms with Crippen LogP contribution in [0.2, 0.25) is 0 Å². The van der Waals surface area contributed by atoms with Crippen molar-refractivity contribution in [3.63, 3.8) is 0 Å². The largest absolute Gasteiger partial charge is 0.396 e. The van der Waals surface area contributed by atoms with Gasteiger partial charge in [-0.15, -0.1) is 24.2 Å². The van der Waals surface area contributed by atoms with Crippen molar-refractivity contribution >= 4 is 28.7 Å². The van der Waals surface area contributed by atoms with E-state index in [1.54, 1.807) is 22.5 Å². The van der Waals surface area contributed by atoms with Gasteiger partial charge in [0.25, 0.3) is 5.91 Å². The Morgan fingerprint density at radius 1 is 1.30 bits per heavy atom. The van der Waals surface area contributed by atoms with Crippen LogP contribution in [-0.4, -0.2) is 57.5 Å². The molecule has 0 aliphatic rings. The van der Waals surface area contributed by atoms with Gasteiger partial charge < -0.3 is 21.1 Å². The van der Waals surface area contributed by atoms with E-state index >= 15 is 0 Å². The molecule has 1 atom stereocenters. The van der Waals surface area contributed by atoms with E-state index in [0.717, 1.165) is 41.3 Å². The maximum Gasteiger partial charge on any atom is 0.275 e. The van der Waals surface area contributed by atoms with Gasteiger partial charge in [0.15, 0.2) is 0 Å². The molecule has 33 heavy (non-hydrogen) atoms. The van der Waals surface area contributed by atoms with Crippen LogP contribution >= 0.6 is 11.3 Å². The minimum Gasteiger partial charge on any atom is -0.396 e. The van der Waals surface area contributed by atoms with Gasteiger partial charge in [-0.25, -0.2) is 9.97 Å². The molecule has 0 spiro atoms. The molecule has 0 bridgehead atoms. The molecule has 0 unspecified atom stereocenters. The van der Waals surface area contributed by atoms with Gasteiger partial charge in [0.2, 0.25) is 0 Å². The van der Waals surface area contributed by atoms with Gasteiger partial charge in [0.1, 0.15) is 16.5 Å². The van der Waals surface area contributed by atoms with Crippen molar-refractivity contribution in [2.24, 2.45) is 12.8 Å². The summed E-state index contributed by atoms with van der Waals surface area (Å²) in [5, 5.41) is 18.7. The average Bonchev–Trinajstić information content (AvgIpc) is 3.44. The van der Waals surface area contributed by atoms with Crippen LogP contribution in [0, 0.1) is 12.8 Å². The summed E-state index contributed by atoms with van der Waals surface area (Å²) in [6.07, 6.45) is 14.4. The van der Waals surface area contributed by atoms with Crippen molar-refractivity contribution < 1.29 is 9.90 Å². The minimum absolute atomic E-state index is 0.0222. The number of pyridine rings is 1. The lowest BCUT2D eigenvalue weighted by atomic mass is 10.1. The standard InChI is InChI=1S/C21H29N7O2S.C2H2/c1-27(2)19-8-7-14(11-23-19)21-26-17(13-31-21)20(30)25-16-12-24-28(3)18(16)6-4-5-15(22)9-10-29;1-2/h7-8,11-13,15,29H,4-6,9-10,22H2,1-3H3,(H,25,30);1-2H/t15-;/m1./s1. The Labute approximate surface area is 198 Å². The molecule has 0 aliphatic heterocycles. The number of nitrogens with two attached hydrogens (primary N) is 1. The molecule has 1 amide bonds. The zero-order valence-electron chi connectivity index (χ0n) is 19.2. The Morgan fingerprint density at radius 2 is 2.06 bits per heavy atom. The van der Waals surface area contributed by atoms with Gasteiger partial charge in [-0.2, -0.15) is 5.10 Å². The molecule has 3 rings (SSSR count). The number of terminal acetylenes is 1. The smallest absolute Gasteiger partial charge is 0.275 e. The Kier molecular flexibility index (Phi) is 10.00. The first kappa shape index (κ1) is 26.0. The number of carbonyl (C=O) groups is 1. The molecule has 0 aromatic carbocycles. The van der Waals surface area contributed by atoms with E-state index in [0.29, 0.717) is 17.8 Å². The normalized spacial score (nSPS) is 11.4. The Morgan fingerprint density at radius 3 is 2.70 bits per heavy atom. The monoisotopic (exact) mass is 469 g/mol. The van der Waals surface area contributed by atoms with Gasteiger partial charge in [-0.1, -0.05) is 0 Å². The van der Waals surface area contributed by atoms with Crippen LogP contribution in [0.15, 0.2) is 29.9 Å². The molecule has 3 aromatic heterocycles.